The highest BCUT2D eigenvalue weighted by atomic mass is 16.3. The zero-order valence-corrected chi connectivity index (χ0v) is 14.1. The Hall–Kier alpha value is -2.28. The molecule has 22 heavy (non-hydrogen) atoms. The summed E-state index contributed by atoms with van der Waals surface area (Å²) < 4.78 is 0. The van der Waals surface area contributed by atoms with Crippen molar-refractivity contribution < 1.29 is 5.11 Å². The minimum absolute atomic E-state index is 0.340. The van der Waals surface area contributed by atoms with E-state index in [1.807, 2.05) is 64.2 Å². The van der Waals surface area contributed by atoms with Crippen LogP contribution >= 0.6 is 0 Å². The van der Waals surface area contributed by atoms with Crippen molar-refractivity contribution in [3.8, 4) is 5.75 Å². The number of phenols is 1. The molecular weight excluding hydrogens is 268 g/mol. The fourth-order valence-corrected chi connectivity index (χ4v) is 2.61. The van der Waals surface area contributed by atoms with Gasteiger partial charge in [0.15, 0.2) is 0 Å². The molecule has 0 aliphatic rings. The molecule has 0 saturated heterocycles. The van der Waals surface area contributed by atoms with Gasteiger partial charge in [0.1, 0.15) is 5.75 Å². The molecule has 1 heteroatoms. The normalized spacial score (nSPS) is 12.4. The summed E-state index contributed by atoms with van der Waals surface area (Å²) in [6.45, 7) is 11.8. The van der Waals surface area contributed by atoms with Gasteiger partial charge in [0.25, 0.3) is 0 Å². The number of phenolic OH excluding ortho intramolecular Hbond substituents is 1. The number of hydrogen-bond acceptors (Lipinski definition) is 1. The van der Waals surface area contributed by atoms with Crippen molar-refractivity contribution in [3.63, 3.8) is 0 Å². The Kier molecular flexibility index (Phi) is 7.18. The van der Waals surface area contributed by atoms with Crippen molar-refractivity contribution in [2.75, 3.05) is 0 Å². The van der Waals surface area contributed by atoms with Crippen LogP contribution in [0.25, 0.3) is 24.3 Å². The first-order valence-corrected chi connectivity index (χ1v) is 7.69. The van der Waals surface area contributed by atoms with Gasteiger partial charge in [0, 0.05) is 11.1 Å². The standard InChI is InChI=1S/C21H26O/c1-6-11-16-17(12-7-2)19(14-9-4)21(22)20(15-10-5)18(16)13-8-3/h6-13,15,22H,4,14H2,1-3,5H3. The molecular formula is C21H26O. The maximum Gasteiger partial charge on any atom is 0.127 e. The Bertz CT molecular complexity index is 641. The van der Waals surface area contributed by atoms with Gasteiger partial charge in [-0.05, 0) is 50.8 Å². The Morgan fingerprint density at radius 1 is 0.727 bits per heavy atom. The lowest BCUT2D eigenvalue weighted by Crippen LogP contribution is -1.99. The summed E-state index contributed by atoms with van der Waals surface area (Å²) >= 11 is 0. The second kappa shape index (κ2) is 8.89. The number of allylic oxidation sites excluding steroid dienone is 5. The van der Waals surface area contributed by atoms with Gasteiger partial charge in [0.2, 0.25) is 0 Å². The molecule has 0 atom stereocenters. The zero-order chi connectivity index (χ0) is 16.5. The summed E-state index contributed by atoms with van der Waals surface area (Å²) in [7, 11) is 0. The molecule has 1 N–H and O–H groups in total. The third kappa shape index (κ3) is 3.67. The van der Waals surface area contributed by atoms with E-state index in [4.69, 9.17) is 0 Å². The second-order valence-electron chi connectivity index (χ2n) is 4.97. The highest BCUT2D eigenvalue weighted by Crippen LogP contribution is 2.37. The first kappa shape index (κ1) is 17.8. The third-order valence-electron chi connectivity index (χ3n) is 3.42. The maximum atomic E-state index is 10.8. The van der Waals surface area contributed by atoms with Crippen molar-refractivity contribution in [2.45, 2.75) is 34.1 Å². The van der Waals surface area contributed by atoms with Crippen LogP contribution in [0.15, 0.2) is 37.0 Å². The molecule has 0 unspecified atom stereocenters. The summed E-state index contributed by atoms with van der Waals surface area (Å²) in [6.07, 6.45) is 18.6. The molecule has 1 nitrogen and oxygen atoms in total. The van der Waals surface area contributed by atoms with Crippen LogP contribution in [0.1, 0.15) is 55.5 Å². The Morgan fingerprint density at radius 2 is 1.14 bits per heavy atom. The molecule has 1 aromatic rings. The third-order valence-corrected chi connectivity index (χ3v) is 3.42. The van der Waals surface area contributed by atoms with Crippen LogP contribution in [0.4, 0.5) is 0 Å². The maximum absolute atomic E-state index is 10.8. The molecule has 0 aliphatic heterocycles. The molecule has 0 saturated carbocycles. The van der Waals surface area contributed by atoms with Crippen molar-refractivity contribution >= 4 is 24.3 Å². The van der Waals surface area contributed by atoms with Gasteiger partial charge in [0.05, 0.1) is 0 Å². The molecule has 0 spiro atoms. The number of hydrogen-bond donors (Lipinski definition) is 1. The summed E-state index contributed by atoms with van der Waals surface area (Å²) in [6, 6.07) is 0. The quantitative estimate of drug-likeness (QED) is 0.614. The van der Waals surface area contributed by atoms with E-state index in [2.05, 4.69) is 24.8 Å². The van der Waals surface area contributed by atoms with Crippen LogP contribution in [-0.4, -0.2) is 5.11 Å². The van der Waals surface area contributed by atoms with Crippen LogP contribution in [0, 0.1) is 0 Å². The lowest BCUT2D eigenvalue weighted by Gasteiger charge is -2.18. The highest BCUT2D eigenvalue weighted by Gasteiger charge is 2.17. The van der Waals surface area contributed by atoms with Gasteiger partial charge in [-0.3, -0.25) is 0 Å². The summed E-state index contributed by atoms with van der Waals surface area (Å²) in [5.74, 6) is 0.340. The molecule has 116 valence electrons. The molecule has 0 aliphatic carbocycles. The van der Waals surface area contributed by atoms with E-state index < -0.39 is 0 Å². The van der Waals surface area contributed by atoms with E-state index in [1.54, 1.807) is 0 Å². The summed E-state index contributed by atoms with van der Waals surface area (Å²) in [5, 5.41) is 10.8. The zero-order valence-electron chi connectivity index (χ0n) is 14.1. The second-order valence-corrected chi connectivity index (χ2v) is 4.97. The predicted octanol–water partition coefficient (Wildman–Crippen LogP) is 6.25. The van der Waals surface area contributed by atoms with Gasteiger partial charge in [-0.15, -0.1) is 6.58 Å². The lowest BCUT2D eigenvalue weighted by atomic mass is 9.87. The fourth-order valence-electron chi connectivity index (χ4n) is 2.61. The number of benzene rings is 1. The van der Waals surface area contributed by atoms with Crippen molar-refractivity contribution in [1.29, 1.82) is 0 Å². The van der Waals surface area contributed by atoms with Crippen LogP contribution in [0.5, 0.6) is 5.75 Å². The van der Waals surface area contributed by atoms with Crippen LogP contribution in [0.3, 0.4) is 0 Å². The Labute approximate surface area is 134 Å². The summed E-state index contributed by atoms with van der Waals surface area (Å²) in [4.78, 5) is 0. The van der Waals surface area contributed by atoms with E-state index in [1.165, 1.54) is 0 Å². The van der Waals surface area contributed by atoms with E-state index in [0.717, 1.165) is 27.8 Å². The van der Waals surface area contributed by atoms with Gasteiger partial charge in [-0.1, -0.05) is 54.7 Å². The van der Waals surface area contributed by atoms with Crippen LogP contribution in [-0.2, 0) is 6.42 Å². The minimum Gasteiger partial charge on any atom is -0.507 e. The molecule has 0 radical (unpaired) electrons. The Morgan fingerprint density at radius 3 is 1.59 bits per heavy atom. The van der Waals surface area contributed by atoms with E-state index in [9.17, 15) is 5.11 Å². The van der Waals surface area contributed by atoms with E-state index in [-0.39, 0.29) is 0 Å². The number of aromatic hydroxyl groups is 1. The molecule has 0 aromatic heterocycles. The lowest BCUT2D eigenvalue weighted by molar-refractivity contribution is 0.468. The first-order valence-electron chi connectivity index (χ1n) is 7.69. The van der Waals surface area contributed by atoms with Crippen LogP contribution < -0.4 is 0 Å². The average molecular weight is 294 g/mol. The highest BCUT2D eigenvalue weighted by molar-refractivity contribution is 5.84. The van der Waals surface area contributed by atoms with Gasteiger partial charge in [-0.25, -0.2) is 0 Å². The molecule has 0 fully saturated rings. The van der Waals surface area contributed by atoms with E-state index >= 15 is 0 Å². The Balaban J connectivity index is 3.99. The van der Waals surface area contributed by atoms with Crippen molar-refractivity contribution in [3.05, 3.63) is 64.8 Å². The topological polar surface area (TPSA) is 20.2 Å². The predicted molar refractivity (Wildman–Crippen MR) is 101 cm³/mol. The summed E-state index contributed by atoms with van der Waals surface area (Å²) in [5.41, 5.74) is 5.00. The average Bonchev–Trinajstić information content (AvgIpc) is 2.51. The monoisotopic (exact) mass is 294 g/mol. The molecule has 0 heterocycles. The molecule has 0 bridgehead atoms. The van der Waals surface area contributed by atoms with Crippen molar-refractivity contribution in [2.24, 2.45) is 0 Å². The fraction of sp³-hybridized carbons (Fsp3) is 0.238. The smallest absolute Gasteiger partial charge is 0.127 e. The van der Waals surface area contributed by atoms with Gasteiger partial charge in [-0.2, -0.15) is 0 Å². The SMILES string of the molecule is C=CCc1c(O)c(C=CC)c(C=CC)c(C=CC)c1C=CC. The van der Waals surface area contributed by atoms with Crippen molar-refractivity contribution in [1.82, 2.24) is 0 Å². The first-order chi connectivity index (χ1) is 10.7. The molecule has 1 aromatic carbocycles. The minimum atomic E-state index is 0.340. The van der Waals surface area contributed by atoms with E-state index in [0.29, 0.717) is 12.2 Å². The van der Waals surface area contributed by atoms with Crippen LogP contribution in [0.2, 0.25) is 0 Å². The molecule has 1 rings (SSSR count). The number of rotatable bonds is 6. The largest absolute Gasteiger partial charge is 0.507 e. The van der Waals surface area contributed by atoms with Gasteiger partial charge < -0.3 is 5.11 Å². The molecule has 0 amide bonds. The van der Waals surface area contributed by atoms with Gasteiger partial charge >= 0.3 is 0 Å².